The minimum absolute atomic E-state index is 0. The van der Waals surface area contributed by atoms with Crippen molar-refractivity contribution >= 4 is 31.2 Å². The summed E-state index contributed by atoms with van der Waals surface area (Å²) in [6, 6.07) is 0. The van der Waals surface area contributed by atoms with Crippen molar-refractivity contribution in [2.45, 2.75) is 0 Å². The third-order valence-electron chi connectivity index (χ3n) is 0. The zero-order valence-corrected chi connectivity index (χ0v) is 14.4. The SMILES string of the molecule is O=S(=O)([O-])[O-].O=S(=O)([O-])[O-].O=S(=O)([O-])[O-].[NH4+].[NH4+].[NH4+].[NH4+].[Pd+2]. The Morgan fingerprint density at radius 3 is 0.400 bits per heavy atom. The minimum Gasteiger partial charge on any atom is -0.759 e. The van der Waals surface area contributed by atoms with Crippen LogP contribution in [0.2, 0.25) is 0 Å². The first-order valence-electron chi connectivity index (χ1n) is 2.00. The van der Waals surface area contributed by atoms with Crippen LogP contribution in [0.3, 0.4) is 0 Å². The molecule has 0 aromatic carbocycles. The molecule has 0 bridgehead atoms. The van der Waals surface area contributed by atoms with Crippen molar-refractivity contribution in [3.8, 4) is 0 Å². The summed E-state index contributed by atoms with van der Waals surface area (Å²) in [5.41, 5.74) is 0. The van der Waals surface area contributed by atoms with E-state index in [0.717, 1.165) is 0 Å². The van der Waals surface area contributed by atoms with Gasteiger partial charge in [-0.05, 0) is 0 Å². The first-order chi connectivity index (χ1) is 6.00. The van der Waals surface area contributed by atoms with E-state index in [0.29, 0.717) is 0 Å². The van der Waals surface area contributed by atoms with Gasteiger partial charge in [0.1, 0.15) is 0 Å². The van der Waals surface area contributed by atoms with Crippen molar-refractivity contribution in [1.29, 1.82) is 0 Å². The molecular formula is H16N4O12PdS3. The molecule has 0 spiro atoms. The van der Waals surface area contributed by atoms with Gasteiger partial charge in [0.15, 0.2) is 0 Å². The number of hydrogen-bond donors (Lipinski definition) is 4. The topological polar surface area (TPSA) is 387 Å². The number of hydrogen-bond acceptors (Lipinski definition) is 12. The minimum atomic E-state index is -5.17. The molecule has 0 aliphatic heterocycles. The van der Waals surface area contributed by atoms with Crippen LogP contribution in [0.1, 0.15) is 0 Å². The van der Waals surface area contributed by atoms with Crippen LogP contribution >= 0.6 is 0 Å². The van der Waals surface area contributed by atoms with Crippen molar-refractivity contribution in [3.63, 3.8) is 0 Å². The summed E-state index contributed by atoms with van der Waals surface area (Å²) in [7, 11) is -15.5. The van der Waals surface area contributed by atoms with Crippen LogP contribution in [0.25, 0.3) is 0 Å². The van der Waals surface area contributed by atoms with E-state index in [1.165, 1.54) is 0 Å². The van der Waals surface area contributed by atoms with Crippen LogP contribution in [0.15, 0.2) is 0 Å². The molecule has 0 amide bonds. The van der Waals surface area contributed by atoms with E-state index in [-0.39, 0.29) is 45.0 Å². The fraction of sp³-hybridized carbons (Fsp3) is 0. The third kappa shape index (κ3) is 420000. The van der Waals surface area contributed by atoms with E-state index in [4.69, 9.17) is 52.6 Å². The van der Waals surface area contributed by atoms with Gasteiger partial charge in [-0.15, -0.1) is 0 Å². The van der Waals surface area contributed by atoms with Crippen molar-refractivity contribution in [3.05, 3.63) is 0 Å². The quantitative estimate of drug-likeness (QED) is 0.163. The summed E-state index contributed by atoms with van der Waals surface area (Å²) in [6.07, 6.45) is 0. The summed E-state index contributed by atoms with van der Waals surface area (Å²) < 4.78 is 102. The molecule has 20 heteroatoms. The van der Waals surface area contributed by atoms with Crippen molar-refractivity contribution in [1.82, 2.24) is 24.6 Å². The molecule has 0 aliphatic rings. The molecule has 0 atom stereocenters. The smallest absolute Gasteiger partial charge is 0.759 e. The van der Waals surface area contributed by atoms with Crippen LogP contribution in [0, 0.1) is 0 Å². The first-order valence-corrected chi connectivity index (χ1v) is 6.00. The van der Waals surface area contributed by atoms with Crippen LogP contribution in [-0.4, -0.2) is 52.6 Å². The molecule has 0 saturated heterocycles. The Kier molecular flexibility index (Phi) is 47.9. The molecule has 136 valence electrons. The van der Waals surface area contributed by atoms with E-state index in [2.05, 4.69) is 0 Å². The predicted octanol–water partition coefficient (Wildman–Crippen LogP) is -2.51. The number of rotatable bonds is 0. The number of quaternary nitrogens is 4. The van der Waals surface area contributed by atoms with Gasteiger partial charge in [-0.1, -0.05) is 0 Å². The maximum absolute atomic E-state index is 8.52. The summed E-state index contributed by atoms with van der Waals surface area (Å²) >= 11 is 0. The molecule has 16 N–H and O–H groups in total. The molecule has 0 aliphatic carbocycles. The van der Waals surface area contributed by atoms with Gasteiger partial charge < -0.3 is 51.9 Å². The van der Waals surface area contributed by atoms with Gasteiger partial charge in [0.25, 0.3) is 0 Å². The fourth-order valence-corrected chi connectivity index (χ4v) is 0. The second-order valence-electron chi connectivity index (χ2n) is 1.22. The molecule has 0 heterocycles. The third-order valence-corrected chi connectivity index (χ3v) is 0. The standard InChI is InChI=1S/4H3N.3H2O4S.Pd/c;;;;3*1-5(2,3)4;/h4*1H3;3*(H2,1,2,3,4);/q;;;;;;;+2/p-2. The Morgan fingerprint density at radius 2 is 0.400 bits per heavy atom. The summed E-state index contributed by atoms with van der Waals surface area (Å²) in [4.78, 5) is 0. The Labute approximate surface area is 129 Å². The second-order valence-corrected chi connectivity index (χ2v) is 3.67. The van der Waals surface area contributed by atoms with Gasteiger partial charge in [0.2, 0.25) is 0 Å². The average molecular weight is 467 g/mol. The first kappa shape index (κ1) is 50.1. The van der Waals surface area contributed by atoms with Gasteiger partial charge in [-0.25, -0.2) is 0 Å². The van der Waals surface area contributed by atoms with E-state index < -0.39 is 31.2 Å². The van der Waals surface area contributed by atoms with E-state index in [9.17, 15) is 0 Å². The summed E-state index contributed by atoms with van der Waals surface area (Å²) in [5.74, 6) is 0. The normalized spacial score (nSPS) is 8.70. The van der Waals surface area contributed by atoms with Crippen molar-refractivity contribution in [2.75, 3.05) is 0 Å². The van der Waals surface area contributed by atoms with Gasteiger partial charge >= 0.3 is 20.4 Å². The Hall–Kier alpha value is 0.112. The van der Waals surface area contributed by atoms with Crippen LogP contribution in [-0.2, 0) is 51.6 Å². The second kappa shape index (κ2) is 19.1. The molecular weight excluding hydrogens is 451 g/mol. The van der Waals surface area contributed by atoms with Gasteiger partial charge in [-0.3, -0.25) is 25.3 Å². The van der Waals surface area contributed by atoms with E-state index in [1.54, 1.807) is 0 Å². The van der Waals surface area contributed by atoms with Gasteiger partial charge in [0.05, 0.1) is 0 Å². The monoisotopic (exact) mass is 466 g/mol. The van der Waals surface area contributed by atoms with Crippen molar-refractivity contribution in [2.24, 2.45) is 0 Å². The van der Waals surface area contributed by atoms with Crippen LogP contribution in [0.5, 0.6) is 0 Å². The maximum Gasteiger partial charge on any atom is 2.00 e. The van der Waals surface area contributed by atoms with E-state index in [1.807, 2.05) is 0 Å². The predicted molar refractivity (Wildman–Crippen MR) is 55.4 cm³/mol. The molecule has 0 saturated carbocycles. The summed E-state index contributed by atoms with van der Waals surface area (Å²) in [5, 5.41) is 0. The van der Waals surface area contributed by atoms with Gasteiger partial charge in [-0.2, -0.15) is 0 Å². The molecule has 16 nitrogen and oxygen atoms in total. The molecule has 20 heavy (non-hydrogen) atoms. The van der Waals surface area contributed by atoms with Gasteiger partial charge in [0, 0.05) is 31.2 Å². The van der Waals surface area contributed by atoms with Crippen LogP contribution < -0.4 is 24.6 Å². The molecule has 0 rings (SSSR count). The molecule has 0 radical (unpaired) electrons. The summed E-state index contributed by atoms with van der Waals surface area (Å²) in [6.45, 7) is 0. The molecule has 0 fully saturated rings. The van der Waals surface area contributed by atoms with Crippen LogP contribution in [0.4, 0.5) is 0 Å². The van der Waals surface area contributed by atoms with Crippen molar-refractivity contribution < 1.29 is 73.0 Å². The maximum atomic E-state index is 8.52. The Bertz CT molecular complexity index is 352. The Balaban J connectivity index is -0.0000000160. The largest absolute Gasteiger partial charge is 2.00 e. The molecule has 0 aromatic rings. The Morgan fingerprint density at radius 1 is 0.400 bits per heavy atom. The fourth-order valence-electron chi connectivity index (χ4n) is 0. The van der Waals surface area contributed by atoms with E-state index >= 15 is 0 Å². The molecule has 0 unspecified atom stereocenters. The zero-order chi connectivity index (χ0) is 13.5. The molecule has 0 aromatic heterocycles. The average Bonchev–Trinajstić information content (AvgIpc) is 1.41. The zero-order valence-electron chi connectivity index (χ0n) is 10.4.